The van der Waals surface area contributed by atoms with Gasteiger partial charge in [-0.3, -0.25) is 4.72 Å². The molecule has 0 radical (unpaired) electrons. The Labute approximate surface area is 106 Å². The molecule has 100 valence electrons. The lowest BCUT2D eigenvalue weighted by molar-refractivity contribution is 0.0698. The highest BCUT2D eigenvalue weighted by molar-refractivity contribution is 7.92. The summed E-state index contributed by atoms with van der Waals surface area (Å²) in [5.41, 5.74) is 5.70. The number of rotatable bonds is 6. The molecule has 1 aromatic rings. The fourth-order valence-electron chi connectivity index (χ4n) is 1.39. The minimum atomic E-state index is -3.54. The Kier molecular flexibility index (Phi) is 4.55. The second kappa shape index (κ2) is 5.72. The van der Waals surface area contributed by atoms with Crippen LogP contribution in [0.2, 0.25) is 0 Å². The van der Waals surface area contributed by atoms with Crippen LogP contribution in [0, 0.1) is 0 Å². The molecule has 0 aromatic heterocycles. The summed E-state index contributed by atoms with van der Waals surface area (Å²) in [6, 6.07) is 3.98. The summed E-state index contributed by atoms with van der Waals surface area (Å²) in [5, 5.41) is 8.95. The van der Waals surface area contributed by atoms with Crippen LogP contribution >= 0.6 is 0 Å². The van der Waals surface area contributed by atoms with E-state index in [9.17, 15) is 13.2 Å². The number of anilines is 2. The fraction of sp³-hybridized carbons (Fsp3) is 0.364. The second-order valence-corrected chi connectivity index (χ2v) is 5.73. The van der Waals surface area contributed by atoms with E-state index < -0.39 is 16.0 Å². The molecule has 0 aliphatic heterocycles. The number of benzene rings is 1. The van der Waals surface area contributed by atoms with Gasteiger partial charge in [0.05, 0.1) is 17.0 Å². The molecule has 0 amide bonds. The first-order valence-corrected chi connectivity index (χ1v) is 7.14. The zero-order valence-corrected chi connectivity index (χ0v) is 10.8. The largest absolute Gasteiger partial charge is 0.478 e. The number of carbonyl (C=O) groups is 1. The van der Waals surface area contributed by atoms with Crippen molar-refractivity contribution in [3.05, 3.63) is 23.8 Å². The van der Waals surface area contributed by atoms with E-state index in [1.54, 1.807) is 0 Å². The van der Waals surface area contributed by atoms with Crippen LogP contribution in [0.3, 0.4) is 0 Å². The van der Waals surface area contributed by atoms with Crippen molar-refractivity contribution in [3.63, 3.8) is 0 Å². The average molecular weight is 272 g/mol. The molecule has 0 bridgehead atoms. The van der Waals surface area contributed by atoms with E-state index in [0.717, 1.165) is 6.42 Å². The zero-order chi connectivity index (χ0) is 13.8. The number of nitrogens with two attached hydrogens (primary N) is 1. The Balaban J connectivity index is 3.02. The summed E-state index contributed by atoms with van der Waals surface area (Å²) in [5.74, 6) is -1.25. The molecule has 1 aromatic carbocycles. The first kappa shape index (κ1) is 14.3. The van der Waals surface area contributed by atoms with E-state index in [0.29, 0.717) is 12.1 Å². The maximum absolute atomic E-state index is 11.7. The van der Waals surface area contributed by atoms with Crippen molar-refractivity contribution in [2.45, 2.75) is 19.8 Å². The number of hydrogen-bond donors (Lipinski definition) is 3. The van der Waals surface area contributed by atoms with Crippen molar-refractivity contribution in [3.8, 4) is 0 Å². The smallest absolute Gasteiger partial charge is 0.337 e. The third-order valence-electron chi connectivity index (χ3n) is 2.31. The van der Waals surface area contributed by atoms with Gasteiger partial charge >= 0.3 is 5.97 Å². The van der Waals surface area contributed by atoms with Crippen molar-refractivity contribution < 1.29 is 18.3 Å². The number of carboxylic acids is 1. The van der Waals surface area contributed by atoms with Crippen molar-refractivity contribution in [2.75, 3.05) is 16.2 Å². The Morgan fingerprint density at radius 3 is 2.67 bits per heavy atom. The maximum atomic E-state index is 11.7. The number of carboxylic acid groups (broad SMARTS) is 1. The monoisotopic (exact) mass is 272 g/mol. The number of unbranched alkanes of at least 4 members (excludes halogenated alkanes) is 1. The lowest BCUT2D eigenvalue weighted by atomic mass is 10.1. The lowest BCUT2D eigenvalue weighted by Crippen LogP contribution is -2.18. The summed E-state index contributed by atoms with van der Waals surface area (Å²) >= 11 is 0. The quantitative estimate of drug-likeness (QED) is 0.680. The molecular weight excluding hydrogens is 256 g/mol. The molecule has 0 fully saturated rings. The van der Waals surface area contributed by atoms with Gasteiger partial charge in [0, 0.05) is 5.69 Å². The SMILES string of the molecule is CCCCS(=O)(=O)Nc1cc(N)ccc1C(=O)O. The summed E-state index contributed by atoms with van der Waals surface area (Å²) in [7, 11) is -3.54. The zero-order valence-electron chi connectivity index (χ0n) is 10.0. The molecule has 7 heteroatoms. The second-order valence-electron chi connectivity index (χ2n) is 3.88. The first-order valence-electron chi connectivity index (χ1n) is 5.49. The van der Waals surface area contributed by atoms with Gasteiger partial charge in [-0.25, -0.2) is 13.2 Å². The van der Waals surface area contributed by atoms with Gasteiger partial charge in [0.15, 0.2) is 0 Å². The molecular formula is C11H16N2O4S. The van der Waals surface area contributed by atoms with Gasteiger partial charge in [-0.2, -0.15) is 0 Å². The van der Waals surface area contributed by atoms with Crippen LogP contribution in [0.4, 0.5) is 11.4 Å². The Morgan fingerprint density at radius 1 is 1.44 bits per heavy atom. The number of sulfonamides is 1. The standard InChI is InChI=1S/C11H16N2O4S/c1-2-3-6-18(16,17)13-10-7-8(12)4-5-9(10)11(14)15/h4-5,7,13H,2-3,6,12H2,1H3,(H,14,15). The molecule has 0 aliphatic rings. The molecule has 0 saturated carbocycles. The van der Waals surface area contributed by atoms with Gasteiger partial charge in [0.1, 0.15) is 0 Å². The van der Waals surface area contributed by atoms with Gasteiger partial charge < -0.3 is 10.8 Å². The molecule has 0 unspecified atom stereocenters. The van der Waals surface area contributed by atoms with Crippen molar-refractivity contribution >= 4 is 27.4 Å². The molecule has 0 atom stereocenters. The minimum absolute atomic E-state index is 0.00129. The minimum Gasteiger partial charge on any atom is -0.478 e. The van der Waals surface area contributed by atoms with E-state index >= 15 is 0 Å². The first-order chi connectivity index (χ1) is 8.35. The van der Waals surface area contributed by atoms with Gasteiger partial charge in [-0.05, 0) is 24.6 Å². The van der Waals surface area contributed by atoms with Crippen molar-refractivity contribution in [1.82, 2.24) is 0 Å². The molecule has 0 spiro atoms. The van der Waals surface area contributed by atoms with Crippen molar-refractivity contribution in [2.24, 2.45) is 0 Å². The van der Waals surface area contributed by atoms with Crippen molar-refractivity contribution in [1.29, 1.82) is 0 Å². The Hall–Kier alpha value is -1.76. The highest BCUT2D eigenvalue weighted by Gasteiger charge is 2.16. The van der Waals surface area contributed by atoms with Crippen LogP contribution in [0.1, 0.15) is 30.1 Å². The van der Waals surface area contributed by atoms with E-state index in [4.69, 9.17) is 10.8 Å². The average Bonchev–Trinajstić information content (AvgIpc) is 2.25. The Bertz CT molecular complexity index is 540. The molecule has 6 nitrogen and oxygen atoms in total. The van der Waals surface area contributed by atoms with Gasteiger partial charge in [0.2, 0.25) is 10.0 Å². The van der Waals surface area contributed by atoms with Gasteiger partial charge in [-0.15, -0.1) is 0 Å². The predicted molar refractivity (Wildman–Crippen MR) is 70.1 cm³/mol. The predicted octanol–water partition coefficient (Wildman–Crippen LogP) is 1.51. The number of nitrogen functional groups attached to an aromatic ring is 1. The molecule has 4 N–H and O–H groups in total. The van der Waals surface area contributed by atoms with E-state index in [2.05, 4.69) is 4.72 Å². The third kappa shape index (κ3) is 3.92. The molecule has 0 heterocycles. The molecule has 0 saturated heterocycles. The van der Waals surface area contributed by atoms with Crippen LogP contribution in [-0.4, -0.2) is 25.2 Å². The van der Waals surface area contributed by atoms with E-state index in [1.807, 2.05) is 6.92 Å². The van der Waals surface area contributed by atoms with Crippen LogP contribution in [0.15, 0.2) is 18.2 Å². The fourth-order valence-corrected chi connectivity index (χ4v) is 2.66. The topological polar surface area (TPSA) is 109 Å². The summed E-state index contributed by atoms with van der Waals surface area (Å²) in [4.78, 5) is 11.0. The summed E-state index contributed by atoms with van der Waals surface area (Å²) < 4.78 is 25.7. The lowest BCUT2D eigenvalue weighted by Gasteiger charge is -2.10. The Morgan fingerprint density at radius 2 is 2.11 bits per heavy atom. The number of nitrogens with one attached hydrogen (secondary N) is 1. The summed E-state index contributed by atoms with van der Waals surface area (Å²) in [6.45, 7) is 1.87. The maximum Gasteiger partial charge on any atom is 0.337 e. The van der Waals surface area contributed by atoms with Gasteiger partial charge in [-0.1, -0.05) is 13.3 Å². The van der Waals surface area contributed by atoms with Crippen LogP contribution < -0.4 is 10.5 Å². The molecule has 0 aliphatic carbocycles. The van der Waals surface area contributed by atoms with Crippen LogP contribution in [0.25, 0.3) is 0 Å². The summed E-state index contributed by atoms with van der Waals surface area (Å²) in [6.07, 6.45) is 1.25. The molecule has 1 rings (SSSR count). The van der Waals surface area contributed by atoms with E-state index in [1.165, 1.54) is 18.2 Å². The highest BCUT2D eigenvalue weighted by atomic mass is 32.2. The van der Waals surface area contributed by atoms with Crippen LogP contribution in [0.5, 0.6) is 0 Å². The molecule has 18 heavy (non-hydrogen) atoms. The normalized spacial score (nSPS) is 11.2. The highest BCUT2D eigenvalue weighted by Crippen LogP contribution is 2.20. The third-order valence-corrected chi connectivity index (χ3v) is 3.66. The van der Waals surface area contributed by atoms with E-state index in [-0.39, 0.29) is 17.0 Å². The van der Waals surface area contributed by atoms with Crippen LogP contribution in [-0.2, 0) is 10.0 Å². The number of aromatic carboxylic acids is 1. The number of hydrogen-bond acceptors (Lipinski definition) is 4. The van der Waals surface area contributed by atoms with Gasteiger partial charge in [0.25, 0.3) is 0 Å².